The molecule has 2 aliphatic rings. The van der Waals surface area contributed by atoms with Gasteiger partial charge in [-0.05, 0) is 26.3 Å². The quantitative estimate of drug-likeness (QED) is 0.791. The van der Waals surface area contributed by atoms with Crippen molar-refractivity contribution in [2.45, 2.75) is 38.5 Å². The molecule has 1 aromatic heterocycles. The molecule has 0 amide bonds. The minimum Gasteiger partial charge on any atom is -0.372 e. The van der Waals surface area contributed by atoms with Gasteiger partial charge in [-0.1, -0.05) is 0 Å². The van der Waals surface area contributed by atoms with Gasteiger partial charge in [0.05, 0.1) is 11.3 Å². The van der Waals surface area contributed by atoms with Crippen molar-refractivity contribution < 1.29 is 13.2 Å². The number of hydrogen-bond donors (Lipinski definition) is 0. The Morgan fingerprint density at radius 1 is 1.22 bits per heavy atom. The molecule has 4 nitrogen and oxygen atoms in total. The Hall–Kier alpha value is -1.50. The topological polar surface area (TPSA) is 22.6 Å². The SMILES string of the molecule is CC(C)N1CCN2c3ncc(C(F)(F)F)cc3N(C)CC[C@H]2C1. The van der Waals surface area contributed by atoms with Gasteiger partial charge in [0.1, 0.15) is 0 Å². The fraction of sp³-hybridized carbons (Fsp3) is 0.688. The number of piperazine rings is 1. The van der Waals surface area contributed by atoms with Gasteiger partial charge in [-0.3, -0.25) is 4.90 Å². The van der Waals surface area contributed by atoms with Crippen molar-refractivity contribution in [3.63, 3.8) is 0 Å². The van der Waals surface area contributed by atoms with E-state index in [9.17, 15) is 13.2 Å². The van der Waals surface area contributed by atoms with E-state index in [4.69, 9.17) is 0 Å². The van der Waals surface area contributed by atoms with Gasteiger partial charge in [0, 0.05) is 51.5 Å². The van der Waals surface area contributed by atoms with Gasteiger partial charge in [-0.2, -0.15) is 13.2 Å². The Labute approximate surface area is 134 Å². The summed E-state index contributed by atoms with van der Waals surface area (Å²) in [6.07, 6.45) is -2.47. The average Bonchev–Trinajstić information content (AvgIpc) is 2.63. The second-order valence-electron chi connectivity index (χ2n) is 6.71. The molecule has 1 atom stereocenters. The number of aromatic nitrogens is 1. The van der Waals surface area contributed by atoms with Crippen LogP contribution in [0, 0.1) is 0 Å². The smallest absolute Gasteiger partial charge is 0.372 e. The van der Waals surface area contributed by atoms with Crippen molar-refractivity contribution in [3.8, 4) is 0 Å². The first-order valence-electron chi connectivity index (χ1n) is 8.06. The Morgan fingerprint density at radius 2 is 1.96 bits per heavy atom. The molecule has 1 saturated heterocycles. The monoisotopic (exact) mass is 328 g/mol. The molecular formula is C16H23F3N4. The van der Waals surface area contributed by atoms with E-state index >= 15 is 0 Å². The third kappa shape index (κ3) is 3.11. The predicted molar refractivity (Wildman–Crippen MR) is 85.0 cm³/mol. The lowest BCUT2D eigenvalue weighted by Crippen LogP contribution is -2.55. The number of anilines is 2. The summed E-state index contributed by atoms with van der Waals surface area (Å²) >= 11 is 0. The Morgan fingerprint density at radius 3 is 2.61 bits per heavy atom. The zero-order chi connectivity index (χ0) is 16.8. The molecule has 0 bridgehead atoms. The largest absolute Gasteiger partial charge is 0.417 e. The number of nitrogens with zero attached hydrogens (tertiary/aromatic N) is 4. The van der Waals surface area contributed by atoms with Gasteiger partial charge in [0.2, 0.25) is 0 Å². The Bertz CT molecular complexity index is 573. The molecule has 128 valence electrons. The molecule has 1 aromatic rings. The normalized spacial score (nSPS) is 22.8. The molecule has 0 spiro atoms. The molecule has 3 heterocycles. The first-order valence-corrected chi connectivity index (χ1v) is 8.06. The second kappa shape index (κ2) is 5.85. The second-order valence-corrected chi connectivity index (χ2v) is 6.71. The number of fused-ring (bicyclic) bond motifs is 3. The van der Waals surface area contributed by atoms with Gasteiger partial charge >= 0.3 is 6.18 Å². The van der Waals surface area contributed by atoms with Crippen LogP contribution >= 0.6 is 0 Å². The number of pyridine rings is 1. The van der Waals surface area contributed by atoms with Crippen molar-refractivity contribution in [2.24, 2.45) is 0 Å². The highest BCUT2D eigenvalue weighted by Gasteiger charge is 2.36. The molecule has 23 heavy (non-hydrogen) atoms. The number of halogens is 3. The van der Waals surface area contributed by atoms with Crippen LogP contribution < -0.4 is 9.80 Å². The van der Waals surface area contributed by atoms with Crippen LogP contribution in [0.15, 0.2) is 12.3 Å². The van der Waals surface area contributed by atoms with E-state index in [1.165, 1.54) is 6.07 Å². The van der Waals surface area contributed by atoms with E-state index in [2.05, 4.69) is 28.6 Å². The van der Waals surface area contributed by atoms with E-state index in [1.807, 2.05) is 11.9 Å². The summed E-state index contributed by atoms with van der Waals surface area (Å²) in [6.45, 7) is 7.76. The van der Waals surface area contributed by atoms with Gasteiger partial charge in [-0.15, -0.1) is 0 Å². The molecule has 0 unspecified atom stereocenters. The minimum atomic E-state index is -4.36. The number of hydrogen-bond acceptors (Lipinski definition) is 4. The first kappa shape index (κ1) is 16.4. The summed E-state index contributed by atoms with van der Waals surface area (Å²) in [5, 5.41) is 0. The fourth-order valence-electron chi connectivity index (χ4n) is 3.44. The molecule has 0 aliphatic carbocycles. The van der Waals surface area contributed by atoms with E-state index in [-0.39, 0.29) is 0 Å². The highest BCUT2D eigenvalue weighted by molar-refractivity contribution is 5.69. The maximum absolute atomic E-state index is 13.0. The lowest BCUT2D eigenvalue weighted by atomic mass is 10.1. The van der Waals surface area contributed by atoms with Crippen molar-refractivity contribution >= 4 is 11.5 Å². The van der Waals surface area contributed by atoms with Crippen LogP contribution in [0.5, 0.6) is 0 Å². The van der Waals surface area contributed by atoms with Crippen LogP contribution in [0.25, 0.3) is 0 Å². The van der Waals surface area contributed by atoms with Crippen molar-refractivity contribution in [3.05, 3.63) is 17.8 Å². The van der Waals surface area contributed by atoms with Crippen LogP contribution in [-0.2, 0) is 6.18 Å². The van der Waals surface area contributed by atoms with Crippen molar-refractivity contribution in [1.29, 1.82) is 0 Å². The Kier molecular flexibility index (Phi) is 4.16. The highest BCUT2D eigenvalue weighted by Crippen LogP contribution is 2.38. The molecule has 0 radical (unpaired) electrons. The fourth-order valence-corrected chi connectivity index (χ4v) is 3.44. The Balaban J connectivity index is 1.95. The maximum Gasteiger partial charge on any atom is 0.417 e. The third-order valence-electron chi connectivity index (χ3n) is 4.90. The first-order chi connectivity index (χ1) is 10.8. The van der Waals surface area contributed by atoms with Crippen LogP contribution in [-0.4, -0.2) is 55.2 Å². The third-order valence-corrected chi connectivity index (χ3v) is 4.90. The zero-order valence-corrected chi connectivity index (χ0v) is 13.8. The van der Waals surface area contributed by atoms with Crippen molar-refractivity contribution in [2.75, 3.05) is 43.0 Å². The summed E-state index contributed by atoms with van der Waals surface area (Å²) in [5.41, 5.74) is -0.0947. The van der Waals surface area contributed by atoms with E-state index in [0.717, 1.165) is 38.8 Å². The minimum absolute atomic E-state index is 0.305. The van der Waals surface area contributed by atoms with E-state index in [1.54, 1.807) is 0 Å². The van der Waals surface area contributed by atoms with Crippen LogP contribution in [0.3, 0.4) is 0 Å². The van der Waals surface area contributed by atoms with Gasteiger partial charge in [-0.25, -0.2) is 4.98 Å². The molecule has 0 saturated carbocycles. The zero-order valence-electron chi connectivity index (χ0n) is 13.8. The molecule has 2 aliphatic heterocycles. The van der Waals surface area contributed by atoms with Crippen LogP contribution in [0.1, 0.15) is 25.8 Å². The average molecular weight is 328 g/mol. The highest BCUT2D eigenvalue weighted by atomic mass is 19.4. The predicted octanol–water partition coefficient (Wildman–Crippen LogP) is 2.84. The van der Waals surface area contributed by atoms with E-state index < -0.39 is 11.7 Å². The number of alkyl halides is 3. The lowest BCUT2D eigenvalue weighted by Gasteiger charge is -2.43. The molecular weight excluding hydrogens is 305 g/mol. The summed E-state index contributed by atoms with van der Waals surface area (Å²) < 4.78 is 38.9. The molecule has 1 fully saturated rings. The van der Waals surface area contributed by atoms with Gasteiger partial charge in [0.15, 0.2) is 5.82 Å². The van der Waals surface area contributed by atoms with Crippen molar-refractivity contribution in [1.82, 2.24) is 9.88 Å². The molecule has 3 rings (SSSR count). The maximum atomic E-state index is 13.0. The standard InChI is InChI=1S/C16H23F3N4/c1-11(2)22-6-7-23-13(10-22)4-5-21(3)14-8-12(16(17,18)19)9-20-15(14)23/h8-9,11,13H,4-7,10H2,1-3H3/t13-/m0/s1. The summed E-state index contributed by atoms with van der Waals surface area (Å²) in [7, 11) is 1.85. The lowest BCUT2D eigenvalue weighted by molar-refractivity contribution is -0.137. The summed E-state index contributed by atoms with van der Waals surface area (Å²) in [5.74, 6) is 0.686. The summed E-state index contributed by atoms with van der Waals surface area (Å²) in [6, 6.07) is 2.02. The van der Waals surface area contributed by atoms with Gasteiger partial charge in [0.25, 0.3) is 0 Å². The van der Waals surface area contributed by atoms with Gasteiger partial charge < -0.3 is 9.80 Å². The van der Waals surface area contributed by atoms with E-state index in [0.29, 0.717) is 23.6 Å². The summed E-state index contributed by atoms with van der Waals surface area (Å²) in [4.78, 5) is 10.7. The number of rotatable bonds is 1. The van der Waals surface area contributed by atoms with Crippen LogP contribution in [0.4, 0.5) is 24.7 Å². The molecule has 0 N–H and O–H groups in total. The molecule has 0 aromatic carbocycles. The molecule has 7 heteroatoms. The van der Waals surface area contributed by atoms with Crippen LogP contribution in [0.2, 0.25) is 0 Å².